The van der Waals surface area contributed by atoms with Crippen molar-refractivity contribution in [2.75, 3.05) is 6.61 Å². The van der Waals surface area contributed by atoms with Crippen molar-refractivity contribution in [1.29, 1.82) is 0 Å². The van der Waals surface area contributed by atoms with Crippen LogP contribution < -0.4 is 0 Å². The van der Waals surface area contributed by atoms with E-state index in [1.807, 2.05) is 6.92 Å². The van der Waals surface area contributed by atoms with Crippen LogP contribution in [-0.2, 0) is 9.53 Å². The van der Waals surface area contributed by atoms with E-state index in [9.17, 15) is 9.59 Å². The van der Waals surface area contributed by atoms with Gasteiger partial charge >= 0.3 is 11.9 Å². The molecule has 1 N–H and O–H groups in total. The first-order valence-corrected chi connectivity index (χ1v) is 5.31. The van der Waals surface area contributed by atoms with Crippen molar-refractivity contribution < 1.29 is 19.4 Å². The summed E-state index contributed by atoms with van der Waals surface area (Å²) in [6.45, 7) is 2.32. The molecule has 0 fully saturated rings. The third-order valence-electron chi connectivity index (χ3n) is 2.02. The number of hydrogen-bond acceptors (Lipinski definition) is 3. The highest BCUT2D eigenvalue weighted by atomic mass is 16.5. The van der Waals surface area contributed by atoms with E-state index in [2.05, 4.69) is 0 Å². The van der Waals surface area contributed by atoms with Crippen molar-refractivity contribution in [2.24, 2.45) is 0 Å². The molecule has 0 aliphatic carbocycles. The van der Waals surface area contributed by atoms with E-state index in [1.165, 1.54) is 18.2 Å². The zero-order valence-corrected chi connectivity index (χ0v) is 9.55. The molecule has 0 amide bonds. The first-order chi connectivity index (χ1) is 8.13. The van der Waals surface area contributed by atoms with Crippen LogP contribution in [0.5, 0.6) is 0 Å². The molecule has 1 rings (SSSR count). The summed E-state index contributed by atoms with van der Waals surface area (Å²) in [6.07, 6.45) is 3.70. The molecule has 17 heavy (non-hydrogen) atoms. The Bertz CT molecular complexity index is 418. The molecule has 0 unspecified atom stereocenters. The van der Waals surface area contributed by atoms with Crippen molar-refractivity contribution >= 4 is 18.0 Å². The lowest BCUT2D eigenvalue weighted by Crippen LogP contribution is -2.00. The minimum absolute atomic E-state index is 0.218. The molecule has 0 atom stereocenters. The van der Waals surface area contributed by atoms with Gasteiger partial charge < -0.3 is 9.84 Å². The summed E-state index contributed by atoms with van der Waals surface area (Å²) in [5, 5.41) is 8.70. The monoisotopic (exact) mass is 234 g/mol. The fraction of sp³-hybridized carbons (Fsp3) is 0.231. The van der Waals surface area contributed by atoms with E-state index >= 15 is 0 Å². The number of hydrogen-bond donors (Lipinski definition) is 1. The Kier molecular flexibility index (Phi) is 4.94. The maximum absolute atomic E-state index is 11.1. The Hall–Kier alpha value is -2.10. The highest BCUT2D eigenvalue weighted by molar-refractivity contribution is 5.89. The molecule has 0 heterocycles. The Morgan fingerprint density at radius 2 is 1.94 bits per heavy atom. The Balaban J connectivity index is 2.59. The van der Waals surface area contributed by atoms with Crippen LogP contribution in [0.15, 0.2) is 30.3 Å². The smallest absolute Gasteiger partial charge is 0.335 e. The number of rotatable bonds is 5. The summed E-state index contributed by atoms with van der Waals surface area (Å²) < 4.78 is 4.86. The quantitative estimate of drug-likeness (QED) is 0.627. The van der Waals surface area contributed by atoms with Gasteiger partial charge in [-0.25, -0.2) is 9.59 Å². The van der Waals surface area contributed by atoms with Crippen molar-refractivity contribution in [3.63, 3.8) is 0 Å². The lowest BCUT2D eigenvalue weighted by Gasteiger charge is -1.98. The zero-order valence-electron chi connectivity index (χ0n) is 9.55. The first kappa shape index (κ1) is 13.0. The molecule has 4 nitrogen and oxygen atoms in total. The van der Waals surface area contributed by atoms with Crippen molar-refractivity contribution in [3.05, 3.63) is 41.5 Å². The third kappa shape index (κ3) is 4.51. The normalized spacial score (nSPS) is 10.4. The van der Waals surface area contributed by atoms with E-state index in [0.29, 0.717) is 6.61 Å². The minimum atomic E-state index is -0.970. The third-order valence-corrected chi connectivity index (χ3v) is 2.02. The average Bonchev–Trinajstić information content (AvgIpc) is 2.34. The zero-order chi connectivity index (χ0) is 12.7. The number of carboxylic acids is 1. The van der Waals surface area contributed by atoms with Gasteiger partial charge in [-0.3, -0.25) is 0 Å². The number of carboxylic acid groups (broad SMARTS) is 1. The van der Waals surface area contributed by atoms with Crippen molar-refractivity contribution in [3.8, 4) is 0 Å². The number of carbonyl (C=O) groups is 2. The van der Waals surface area contributed by atoms with Crippen LogP contribution >= 0.6 is 0 Å². The molecule has 0 saturated carbocycles. The van der Waals surface area contributed by atoms with Gasteiger partial charge in [-0.15, -0.1) is 0 Å². The van der Waals surface area contributed by atoms with Crippen LogP contribution in [0.3, 0.4) is 0 Å². The molecule has 90 valence electrons. The van der Waals surface area contributed by atoms with E-state index in [-0.39, 0.29) is 5.56 Å². The molecule has 4 heteroatoms. The van der Waals surface area contributed by atoms with Crippen LogP contribution in [0.1, 0.15) is 29.3 Å². The van der Waals surface area contributed by atoms with Crippen LogP contribution in [0, 0.1) is 0 Å². The van der Waals surface area contributed by atoms with Gasteiger partial charge in [0.25, 0.3) is 0 Å². The second-order valence-corrected chi connectivity index (χ2v) is 3.43. The maximum Gasteiger partial charge on any atom is 0.335 e. The summed E-state index contributed by atoms with van der Waals surface area (Å²) >= 11 is 0. The average molecular weight is 234 g/mol. The summed E-state index contributed by atoms with van der Waals surface area (Å²) in [4.78, 5) is 21.8. The summed E-state index contributed by atoms with van der Waals surface area (Å²) in [5.74, 6) is -1.36. The van der Waals surface area contributed by atoms with E-state index in [0.717, 1.165) is 12.0 Å². The molecule has 1 aromatic rings. The molecular formula is C13H14O4. The Labute approximate surface area is 99.5 Å². The molecule has 0 saturated heterocycles. The van der Waals surface area contributed by atoms with E-state index < -0.39 is 11.9 Å². The Morgan fingerprint density at radius 3 is 2.47 bits per heavy atom. The number of esters is 1. The van der Waals surface area contributed by atoms with E-state index in [1.54, 1.807) is 18.2 Å². The van der Waals surface area contributed by atoms with Gasteiger partial charge in [0.05, 0.1) is 12.2 Å². The van der Waals surface area contributed by atoms with Crippen molar-refractivity contribution in [1.82, 2.24) is 0 Å². The van der Waals surface area contributed by atoms with Crippen LogP contribution in [0.25, 0.3) is 6.08 Å². The van der Waals surface area contributed by atoms with Gasteiger partial charge in [-0.1, -0.05) is 19.1 Å². The number of aromatic carboxylic acids is 1. The summed E-state index contributed by atoms with van der Waals surface area (Å²) in [5.41, 5.74) is 0.971. The SMILES string of the molecule is CCCOC(=O)C=Cc1ccc(C(=O)O)cc1. The van der Waals surface area contributed by atoms with Crippen LogP contribution in [0.4, 0.5) is 0 Å². The lowest BCUT2D eigenvalue weighted by atomic mass is 10.1. The molecule has 0 aromatic heterocycles. The fourth-order valence-electron chi connectivity index (χ4n) is 1.15. The molecule has 0 aliphatic heterocycles. The second kappa shape index (κ2) is 6.48. The predicted octanol–water partition coefficient (Wildman–Crippen LogP) is 2.35. The molecule has 0 radical (unpaired) electrons. The van der Waals surface area contributed by atoms with Crippen molar-refractivity contribution in [2.45, 2.75) is 13.3 Å². The minimum Gasteiger partial charge on any atom is -0.478 e. The molecule has 1 aromatic carbocycles. The van der Waals surface area contributed by atoms with Gasteiger partial charge in [0, 0.05) is 6.08 Å². The van der Waals surface area contributed by atoms with E-state index in [4.69, 9.17) is 9.84 Å². The topological polar surface area (TPSA) is 63.6 Å². The van der Waals surface area contributed by atoms with Crippen LogP contribution in [-0.4, -0.2) is 23.7 Å². The maximum atomic E-state index is 11.1. The fourth-order valence-corrected chi connectivity index (χ4v) is 1.15. The predicted molar refractivity (Wildman–Crippen MR) is 63.7 cm³/mol. The van der Waals surface area contributed by atoms with Gasteiger partial charge in [0.1, 0.15) is 0 Å². The van der Waals surface area contributed by atoms with Gasteiger partial charge in [0.2, 0.25) is 0 Å². The molecule has 0 bridgehead atoms. The standard InChI is InChI=1S/C13H14O4/c1-2-9-17-12(14)8-5-10-3-6-11(7-4-10)13(15)16/h3-8H,2,9H2,1H3,(H,15,16). The number of carbonyl (C=O) groups excluding carboxylic acids is 1. The van der Waals surface area contributed by atoms with Gasteiger partial charge in [0.15, 0.2) is 0 Å². The number of ether oxygens (including phenoxy) is 1. The molecule has 0 aliphatic rings. The summed E-state index contributed by atoms with van der Waals surface area (Å²) in [6, 6.07) is 6.23. The lowest BCUT2D eigenvalue weighted by molar-refractivity contribution is -0.137. The molecule has 0 spiro atoms. The van der Waals surface area contributed by atoms with Gasteiger partial charge in [-0.05, 0) is 30.2 Å². The van der Waals surface area contributed by atoms with Gasteiger partial charge in [-0.2, -0.15) is 0 Å². The second-order valence-electron chi connectivity index (χ2n) is 3.43. The largest absolute Gasteiger partial charge is 0.478 e. The van der Waals surface area contributed by atoms with Crippen LogP contribution in [0.2, 0.25) is 0 Å². The number of benzene rings is 1. The molecular weight excluding hydrogens is 220 g/mol. The Morgan fingerprint density at radius 1 is 1.29 bits per heavy atom. The highest BCUT2D eigenvalue weighted by Gasteiger charge is 2.00. The highest BCUT2D eigenvalue weighted by Crippen LogP contribution is 2.06. The summed E-state index contributed by atoms with van der Waals surface area (Å²) in [7, 11) is 0. The first-order valence-electron chi connectivity index (χ1n) is 5.31.